The third kappa shape index (κ3) is 2.59. The number of nitrogens with two attached hydrogens (primary N) is 1. The lowest BCUT2D eigenvalue weighted by Crippen LogP contribution is -2.44. The summed E-state index contributed by atoms with van der Waals surface area (Å²) in [5, 5.41) is 0. The standard InChI is InChI=1S/C11H16N2O2S2/c1-9-8-16-6-5-13(9)17(14,15)11-4-2-3-10(12)7-11/h2-4,7,9H,5-6,8,12H2,1H3. The maximum atomic E-state index is 12.4. The molecule has 1 saturated heterocycles. The first-order valence-corrected chi connectivity index (χ1v) is 8.06. The summed E-state index contributed by atoms with van der Waals surface area (Å²) in [7, 11) is -3.39. The summed E-state index contributed by atoms with van der Waals surface area (Å²) < 4.78 is 26.4. The van der Waals surface area contributed by atoms with Crippen LogP contribution in [0.3, 0.4) is 0 Å². The first-order valence-electron chi connectivity index (χ1n) is 5.47. The van der Waals surface area contributed by atoms with Crippen LogP contribution in [0.25, 0.3) is 0 Å². The van der Waals surface area contributed by atoms with Gasteiger partial charge in [0.05, 0.1) is 4.90 Å². The van der Waals surface area contributed by atoms with Crippen molar-refractivity contribution in [2.75, 3.05) is 23.8 Å². The molecule has 17 heavy (non-hydrogen) atoms. The van der Waals surface area contributed by atoms with Gasteiger partial charge in [-0.25, -0.2) is 8.42 Å². The number of hydrogen-bond donors (Lipinski definition) is 1. The largest absolute Gasteiger partial charge is 0.399 e. The number of benzene rings is 1. The average Bonchev–Trinajstić information content (AvgIpc) is 2.29. The van der Waals surface area contributed by atoms with E-state index in [2.05, 4.69) is 0 Å². The van der Waals surface area contributed by atoms with E-state index < -0.39 is 10.0 Å². The molecule has 0 saturated carbocycles. The second-order valence-corrected chi connectivity index (χ2v) is 7.15. The van der Waals surface area contributed by atoms with E-state index in [9.17, 15) is 8.42 Å². The quantitative estimate of drug-likeness (QED) is 0.827. The van der Waals surface area contributed by atoms with Gasteiger partial charge in [0.25, 0.3) is 0 Å². The first-order chi connectivity index (χ1) is 8.01. The Hall–Kier alpha value is -0.720. The Labute approximate surface area is 106 Å². The monoisotopic (exact) mass is 272 g/mol. The Morgan fingerprint density at radius 1 is 1.47 bits per heavy atom. The summed E-state index contributed by atoms with van der Waals surface area (Å²) >= 11 is 1.79. The first kappa shape index (κ1) is 12.7. The highest BCUT2D eigenvalue weighted by molar-refractivity contribution is 7.99. The van der Waals surface area contributed by atoms with Crippen molar-refractivity contribution in [1.29, 1.82) is 0 Å². The number of sulfonamides is 1. The Morgan fingerprint density at radius 3 is 2.88 bits per heavy atom. The van der Waals surface area contributed by atoms with Crippen LogP contribution in [0.2, 0.25) is 0 Å². The van der Waals surface area contributed by atoms with Crippen LogP contribution in [0.1, 0.15) is 6.92 Å². The highest BCUT2D eigenvalue weighted by Crippen LogP contribution is 2.25. The van der Waals surface area contributed by atoms with Gasteiger partial charge in [0.15, 0.2) is 0 Å². The van der Waals surface area contributed by atoms with Crippen molar-refractivity contribution in [2.24, 2.45) is 0 Å². The second kappa shape index (κ2) is 4.88. The zero-order valence-electron chi connectivity index (χ0n) is 9.67. The van der Waals surface area contributed by atoms with Crippen LogP contribution < -0.4 is 5.73 Å². The summed E-state index contributed by atoms with van der Waals surface area (Å²) in [6, 6.07) is 6.52. The Bertz CT molecular complexity index is 502. The lowest BCUT2D eigenvalue weighted by atomic mass is 10.3. The van der Waals surface area contributed by atoms with E-state index >= 15 is 0 Å². The minimum Gasteiger partial charge on any atom is -0.399 e. The summed E-state index contributed by atoms with van der Waals surface area (Å²) in [6.07, 6.45) is 0. The van der Waals surface area contributed by atoms with E-state index in [1.165, 1.54) is 6.07 Å². The van der Waals surface area contributed by atoms with Crippen LogP contribution in [0.15, 0.2) is 29.2 Å². The van der Waals surface area contributed by atoms with Crippen LogP contribution in [-0.2, 0) is 10.0 Å². The molecule has 1 fully saturated rings. The smallest absolute Gasteiger partial charge is 0.243 e. The number of nitrogens with zero attached hydrogens (tertiary/aromatic N) is 1. The molecule has 1 aromatic carbocycles. The molecule has 1 atom stereocenters. The molecule has 6 heteroatoms. The number of anilines is 1. The van der Waals surface area contributed by atoms with Gasteiger partial charge in [-0.1, -0.05) is 6.07 Å². The van der Waals surface area contributed by atoms with Crippen LogP contribution in [0.4, 0.5) is 5.69 Å². The number of rotatable bonds is 2. The predicted octanol–water partition coefficient (Wildman–Crippen LogP) is 1.39. The number of thioether (sulfide) groups is 1. The van der Waals surface area contributed by atoms with E-state index in [1.807, 2.05) is 6.92 Å². The average molecular weight is 272 g/mol. The lowest BCUT2D eigenvalue weighted by Gasteiger charge is -2.31. The van der Waals surface area contributed by atoms with Gasteiger partial charge < -0.3 is 5.73 Å². The van der Waals surface area contributed by atoms with Crippen LogP contribution in [0, 0.1) is 0 Å². The summed E-state index contributed by atoms with van der Waals surface area (Å²) in [5.41, 5.74) is 6.11. The highest BCUT2D eigenvalue weighted by atomic mass is 32.2. The van der Waals surface area contributed by atoms with Crippen molar-refractivity contribution < 1.29 is 8.42 Å². The Morgan fingerprint density at radius 2 is 2.24 bits per heavy atom. The molecule has 1 unspecified atom stereocenters. The van der Waals surface area contributed by atoms with Crippen molar-refractivity contribution in [3.05, 3.63) is 24.3 Å². The Balaban J connectivity index is 2.35. The van der Waals surface area contributed by atoms with Crippen molar-refractivity contribution >= 4 is 27.5 Å². The topological polar surface area (TPSA) is 63.4 Å². The minimum absolute atomic E-state index is 0.0418. The van der Waals surface area contributed by atoms with Crippen LogP contribution in [0.5, 0.6) is 0 Å². The molecule has 94 valence electrons. The van der Waals surface area contributed by atoms with E-state index in [4.69, 9.17) is 5.73 Å². The van der Waals surface area contributed by atoms with Gasteiger partial charge in [0, 0.05) is 29.8 Å². The predicted molar refractivity (Wildman–Crippen MR) is 71.5 cm³/mol. The molecule has 4 nitrogen and oxygen atoms in total. The molecule has 0 bridgehead atoms. The zero-order chi connectivity index (χ0) is 12.5. The SMILES string of the molecule is CC1CSCCN1S(=O)(=O)c1cccc(N)c1. The number of hydrogen-bond acceptors (Lipinski definition) is 4. The van der Waals surface area contributed by atoms with E-state index in [1.54, 1.807) is 34.3 Å². The van der Waals surface area contributed by atoms with Gasteiger partial charge in [0.1, 0.15) is 0 Å². The molecule has 0 aromatic heterocycles. The Kier molecular flexibility index (Phi) is 3.65. The summed E-state index contributed by atoms with van der Waals surface area (Å²) in [4.78, 5) is 0.288. The molecule has 2 rings (SSSR count). The van der Waals surface area contributed by atoms with Crippen LogP contribution in [-0.4, -0.2) is 36.8 Å². The summed E-state index contributed by atoms with van der Waals surface area (Å²) in [5.74, 6) is 1.70. The van der Waals surface area contributed by atoms with E-state index in [0.29, 0.717) is 12.2 Å². The van der Waals surface area contributed by atoms with Crippen molar-refractivity contribution in [2.45, 2.75) is 17.9 Å². The summed E-state index contributed by atoms with van der Waals surface area (Å²) in [6.45, 7) is 2.51. The van der Waals surface area contributed by atoms with E-state index in [-0.39, 0.29) is 10.9 Å². The lowest BCUT2D eigenvalue weighted by molar-refractivity contribution is 0.367. The van der Waals surface area contributed by atoms with Gasteiger partial charge >= 0.3 is 0 Å². The molecule has 1 aromatic rings. The zero-order valence-corrected chi connectivity index (χ0v) is 11.3. The van der Waals surface area contributed by atoms with Crippen molar-refractivity contribution in [1.82, 2.24) is 4.31 Å². The maximum absolute atomic E-state index is 12.4. The fourth-order valence-corrected chi connectivity index (χ4v) is 4.79. The maximum Gasteiger partial charge on any atom is 0.243 e. The fourth-order valence-electron chi connectivity index (χ4n) is 1.88. The van der Waals surface area contributed by atoms with E-state index in [0.717, 1.165) is 11.5 Å². The molecular formula is C11H16N2O2S2. The third-order valence-electron chi connectivity index (χ3n) is 2.77. The van der Waals surface area contributed by atoms with Gasteiger partial charge in [0.2, 0.25) is 10.0 Å². The minimum atomic E-state index is -3.39. The fraction of sp³-hybridized carbons (Fsp3) is 0.455. The van der Waals surface area contributed by atoms with Gasteiger partial charge in [-0.05, 0) is 25.1 Å². The molecule has 0 radical (unpaired) electrons. The number of nitrogen functional groups attached to an aromatic ring is 1. The van der Waals surface area contributed by atoms with Crippen molar-refractivity contribution in [3.63, 3.8) is 0 Å². The molecule has 2 N–H and O–H groups in total. The normalized spacial score (nSPS) is 22.5. The molecular weight excluding hydrogens is 256 g/mol. The molecule has 0 amide bonds. The molecule has 1 heterocycles. The highest BCUT2D eigenvalue weighted by Gasteiger charge is 2.31. The molecule has 0 aliphatic carbocycles. The second-order valence-electron chi connectivity index (χ2n) is 4.11. The van der Waals surface area contributed by atoms with Crippen LogP contribution >= 0.6 is 11.8 Å². The van der Waals surface area contributed by atoms with Gasteiger partial charge in [-0.2, -0.15) is 16.1 Å². The third-order valence-corrected chi connectivity index (χ3v) is 5.97. The molecule has 1 aliphatic rings. The molecule has 0 spiro atoms. The van der Waals surface area contributed by atoms with Gasteiger partial charge in [-0.15, -0.1) is 0 Å². The van der Waals surface area contributed by atoms with Crippen molar-refractivity contribution in [3.8, 4) is 0 Å². The van der Waals surface area contributed by atoms with Gasteiger partial charge in [-0.3, -0.25) is 0 Å². The molecule has 1 aliphatic heterocycles.